The fourth-order valence-corrected chi connectivity index (χ4v) is 2.44. The lowest BCUT2D eigenvalue weighted by molar-refractivity contribution is 0.338. The zero-order valence-corrected chi connectivity index (χ0v) is 9.30. The molecule has 0 heterocycles. The topological polar surface area (TPSA) is 12.0 Å². The van der Waals surface area contributed by atoms with Gasteiger partial charge in [-0.1, -0.05) is 44.2 Å². The van der Waals surface area contributed by atoms with E-state index in [1.165, 1.54) is 18.4 Å². The van der Waals surface area contributed by atoms with E-state index in [1.54, 1.807) is 0 Å². The third kappa shape index (κ3) is 1.27. The quantitative estimate of drug-likeness (QED) is 0.771. The highest BCUT2D eigenvalue weighted by Crippen LogP contribution is 2.50. The third-order valence-electron chi connectivity index (χ3n) is 3.92. The lowest BCUT2D eigenvalue weighted by atomic mass is 9.75. The van der Waals surface area contributed by atoms with Gasteiger partial charge in [-0.3, -0.25) is 0 Å². The fourth-order valence-electron chi connectivity index (χ4n) is 2.44. The van der Waals surface area contributed by atoms with E-state index in [-0.39, 0.29) is 5.41 Å². The first-order valence-electron chi connectivity index (χ1n) is 5.37. The van der Waals surface area contributed by atoms with Gasteiger partial charge < -0.3 is 5.32 Å². The molecule has 1 N–H and O–H groups in total. The maximum Gasteiger partial charge on any atom is 0.0271 e. The van der Waals surface area contributed by atoms with E-state index in [0.717, 1.165) is 0 Å². The van der Waals surface area contributed by atoms with E-state index in [4.69, 9.17) is 0 Å². The van der Waals surface area contributed by atoms with Gasteiger partial charge in [-0.25, -0.2) is 0 Å². The van der Waals surface area contributed by atoms with Crippen LogP contribution in [0.3, 0.4) is 0 Å². The number of rotatable bonds is 3. The molecule has 1 nitrogen and oxygen atoms in total. The molecule has 0 aromatic heterocycles. The van der Waals surface area contributed by atoms with Gasteiger partial charge in [0.15, 0.2) is 0 Å². The maximum absolute atomic E-state index is 3.49. The van der Waals surface area contributed by atoms with Gasteiger partial charge in [0.25, 0.3) is 0 Å². The van der Waals surface area contributed by atoms with Gasteiger partial charge in [0.2, 0.25) is 0 Å². The van der Waals surface area contributed by atoms with E-state index < -0.39 is 0 Å². The molecule has 76 valence electrons. The highest BCUT2D eigenvalue weighted by Gasteiger charge is 2.53. The minimum Gasteiger partial charge on any atom is -0.313 e. The fraction of sp³-hybridized carbons (Fsp3) is 0.538. The lowest BCUT2D eigenvalue weighted by Crippen LogP contribution is -2.45. The van der Waals surface area contributed by atoms with Crippen LogP contribution in [-0.4, -0.2) is 12.6 Å². The molecule has 0 radical (unpaired) electrons. The molecular weight excluding hydrogens is 170 g/mol. The molecule has 0 bridgehead atoms. The summed E-state index contributed by atoms with van der Waals surface area (Å²) in [5, 5.41) is 3.49. The van der Waals surface area contributed by atoms with Crippen molar-refractivity contribution in [2.45, 2.75) is 37.6 Å². The first-order chi connectivity index (χ1) is 6.62. The molecule has 1 aliphatic rings. The van der Waals surface area contributed by atoms with E-state index >= 15 is 0 Å². The Morgan fingerprint density at radius 3 is 2.14 bits per heavy atom. The van der Waals surface area contributed by atoms with Crippen molar-refractivity contribution in [2.75, 3.05) is 7.05 Å². The Kier molecular flexibility index (Phi) is 2.15. The van der Waals surface area contributed by atoms with Crippen molar-refractivity contribution >= 4 is 0 Å². The molecule has 0 amide bonds. The Morgan fingerprint density at radius 2 is 1.71 bits per heavy atom. The summed E-state index contributed by atoms with van der Waals surface area (Å²) in [5.74, 6) is 0. The molecule has 0 unspecified atom stereocenters. The zero-order chi connectivity index (χ0) is 10.2. The summed E-state index contributed by atoms with van der Waals surface area (Å²) >= 11 is 0. The monoisotopic (exact) mass is 189 g/mol. The van der Waals surface area contributed by atoms with Gasteiger partial charge >= 0.3 is 0 Å². The van der Waals surface area contributed by atoms with Crippen molar-refractivity contribution in [3.8, 4) is 0 Å². The van der Waals surface area contributed by atoms with Crippen molar-refractivity contribution in [3.63, 3.8) is 0 Å². The van der Waals surface area contributed by atoms with Crippen LogP contribution in [0.1, 0.15) is 32.3 Å². The second-order valence-electron chi connectivity index (χ2n) is 4.82. The molecule has 1 heteroatoms. The molecule has 1 aliphatic carbocycles. The van der Waals surface area contributed by atoms with Gasteiger partial charge in [-0.2, -0.15) is 0 Å². The Morgan fingerprint density at radius 1 is 1.14 bits per heavy atom. The second kappa shape index (κ2) is 3.09. The van der Waals surface area contributed by atoms with Crippen molar-refractivity contribution in [3.05, 3.63) is 35.9 Å². The molecule has 1 fully saturated rings. The lowest BCUT2D eigenvalue weighted by Gasteiger charge is -2.35. The van der Waals surface area contributed by atoms with Gasteiger partial charge in [-0.15, -0.1) is 0 Å². The van der Waals surface area contributed by atoms with E-state index in [1.807, 2.05) is 0 Å². The molecule has 0 saturated heterocycles. The number of hydrogen-bond acceptors (Lipinski definition) is 1. The second-order valence-corrected chi connectivity index (χ2v) is 4.82. The van der Waals surface area contributed by atoms with Crippen LogP contribution in [0.4, 0.5) is 0 Å². The first kappa shape index (κ1) is 9.72. The Bertz CT molecular complexity index is 309. The first-order valence-corrected chi connectivity index (χ1v) is 5.37. The molecule has 0 spiro atoms. The van der Waals surface area contributed by atoms with Crippen LogP contribution in [0, 0.1) is 0 Å². The van der Waals surface area contributed by atoms with E-state index in [0.29, 0.717) is 5.54 Å². The van der Waals surface area contributed by atoms with Crippen molar-refractivity contribution in [2.24, 2.45) is 0 Å². The largest absolute Gasteiger partial charge is 0.313 e. The van der Waals surface area contributed by atoms with Gasteiger partial charge in [0.05, 0.1) is 0 Å². The summed E-state index contributed by atoms with van der Waals surface area (Å²) in [6, 6.07) is 10.8. The molecule has 1 aromatic carbocycles. The molecule has 0 aliphatic heterocycles. The summed E-state index contributed by atoms with van der Waals surface area (Å²) in [4.78, 5) is 0. The molecule has 14 heavy (non-hydrogen) atoms. The average Bonchev–Trinajstić information content (AvgIpc) is 3.00. The van der Waals surface area contributed by atoms with Crippen molar-refractivity contribution in [1.29, 1.82) is 0 Å². The smallest absolute Gasteiger partial charge is 0.0271 e. The SMILES string of the molecule is CNC1(C(C)(C)c2ccccc2)CC1. The molecule has 1 saturated carbocycles. The highest BCUT2D eigenvalue weighted by molar-refractivity contribution is 5.32. The summed E-state index contributed by atoms with van der Waals surface area (Å²) in [5.41, 5.74) is 2.02. The van der Waals surface area contributed by atoms with Crippen LogP contribution in [0.5, 0.6) is 0 Å². The van der Waals surface area contributed by atoms with E-state index in [2.05, 4.69) is 56.5 Å². The standard InChI is InChI=1S/C13H19N/c1-12(2,13(14-3)9-10-13)11-7-5-4-6-8-11/h4-8,14H,9-10H2,1-3H3. The van der Waals surface area contributed by atoms with Crippen LogP contribution in [0.2, 0.25) is 0 Å². The van der Waals surface area contributed by atoms with E-state index in [9.17, 15) is 0 Å². The van der Waals surface area contributed by atoms with Crippen molar-refractivity contribution in [1.82, 2.24) is 5.32 Å². The summed E-state index contributed by atoms with van der Waals surface area (Å²) < 4.78 is 0. The normalized spacial score (nSPS) is 19.4. The van der Waals surface area contributed by atoms with Gasteiger partial charge in [-0.05, 0) is 25.5 Å². The van der Waals surface area contributed by atoms with Crippen LogP contribution < -0.4 is 5.32 Å². The average molecular weight is 189 g/mol. The predicted molar refractivity (Wildman–Crippen MR) is 60.5 cm³/mol. The van der Waals surface area contributed by atoms with Crippen LogP contribution in [0.15, 0.2) is 30.3 Å². The van der Waals surface area contributed by atoms with Crippen LogP contribution in [-0.2, 0) is 5.41 Å². The third-order valence-corrected chi connectivity index (χ3v) is 3.92. The molecule has 2 rings (SSSR count). The number of benzene rings is 1. The predicted octanol–water partition coefficient (Wildman–Crippen LogP) is 2.72. The zero-order valence-electron chi connectivity index (χ0n) is 9.30. The Hall–Kier alpha value is -0.820. The van der Waals surface area contributed by atoms with Crippen LogP contribution >= 0.6 is 0 Å². The van der Waals surface area contributed by atoms with Crippen LogP contribution in [0.25, 0.3) is 0 Å². The minimum absolute atomic E-state index is 0.239. The number of nitrogens with one attached hydrogen (secondary N) is 1. The summed E-state index contributed by atoms with van der Waals surface area (Å²) in [6.07, 6.45) is 2.59. The Balaban J connectivity index is 2.33. The highest BCUT2D eigenvalue weighted by atomic mass is 15.0. The number of likely N-dealkylation sites (N-methyl/N-ethyl adjacent to an activating group) is 1. The van der Waals surface area contributed by atoms with Crippen molar-refractivity contribution < 1.29 is 0 Å². The molecule has 0 atom stereocenters. The van der Waals surface area contributed by atoms with Gasteiger partial charge in [0, 0.05) is 11.0 Å². The number of hydrogen-bond donors (Lipinski definition) is 1. The minimum atomic E-state index is 0.239. The Labute approximate surface area is 86.5 Å². The maximum atomic E-state index is 3.49. The molecular formula is C13H19N. The summed E-state index contributed by atoms with van der Waals surface area (Å²) in [7, 11) is 2.08. The molecule has 1 aromatic rings. The summed E-state index contributed by atoms with van der Waals surface area (Å²) in [6.45, 7) is 4.68. The van der Waals surface area contributed by atoms with Gasteiger partial charge in [0.1, 0.15) is 0 Å².